The Kier molecular flexibility index (Phi) is 4.05. The first-order chi connectivity index (χ1) is 7.17. The molecule has 2 N–H and O–H groups in total. The highest BCUT2D eigenvalue weighted by Gasteiger charge is 2.07. The normalized spacial score (nSPS) is 9.80. The third kappa shape index (κ3) is 3.21. The van der Waals surface area contributed by atoms with Crippen molar-refractivity contribution in [3.05, 3.63) is 24.0 Å². The molecule has 0 radical (unpaired) electrons. The first-order valence-electron chi connectivity index (χ1n) is 4.45. The van der Waals surface area contributed by atoms with E-state index in [0.29, 0.717) is 5.75 Å². The van der Waals surface area contributed by atoms with Crippen LogP contribution in [0.5, 0.6) is 5.75 Å². The second kappa shape index (κ2) is 5.31. The van der Waals surface area contributed by atoms with Gasteiger partial charge in [0.25, 0.3) is 0 Å². The lowest BCUT2D eigenvalue weighted by Crippen LogP contribution is -2.25. The van der Waals surface area contributed by atoms with Crippen molar-refractivity contribution in [3.63, 3.8) is 0 Å². The summed E-state index contributed by atoms with van der Waals surface area (Å²) in [5.41, 5.74) is 0.120. The fourth-order valence-electron chi connectivity index (χ4n) is 1.08. The topological polar surface area (TPSA) is 50.4 Å². The molecule has 0 atom stereocenters. The maximum absolute atomic E-state index is 13.2. The third-order valence-corrected chi connectivity index (χ3v) is 1.78. The molecule has 0 fully saturated rings. The van der Waals surface area contributed by atoms with Gasteiger partial charge in [-0.15, -0.1) is 0 Å². The number of rotatable bonds is 4. The van der Waals surface area contributed by atoms with E-state index >= 15 is 0 Å². The molecular formula is C10H13FN2O2. The quantitative estimate of drug-likeness (QED) is 0.782. The predicted molar refractivity (Wildman–Crippen MR) is 55.5 cm³/mol. The number of hydrogen-bond acceptors (Lipinski definition) is 3. The Bertz CT molecular complexity index is 355. The number of carbonyl (C=O) groups is 1. The summed E-state index contributed by atoms with van der Waals surface area (Å²) in [5.74, 6) is -0.291. The zero-order valence-electron chi connectivity index (χ0n) is 8.63. The van der Waals surface area contributed by atoms with E-state index in [1.165, 1.54) is 25.3 Å². The number of ether oxygens (including phenoxy) is 1. The maximum atomic E-state index is 13.2. The molecule has 1 rings (SSSR count). The van der Waals surface area contributed by atoms with Crippen LogP contribution in [0, 0.1) is 5.82 Å². The second-order valence-electron chi connectivity index (χ2n) is 2.92. The van der Waals surface area contributed by atoms with Crippen molar-refractivity contribution >= 4 is 11.6 Å². The Morgan fingerprint density at radius 3 is 2.87 bits per heavy atom. The number of hydrogen-bond donors (Lipinski definition) is 2. The van der Waals surface area contributed by atoms with Crippen LogP contribution >= 0.6 is 0 Å². The van der Waals surface area contributed by atoms with Gasteiger partial charge in [0.2, 0.25) is 5.91 Å². The zero-order chi connectivity index (χ0) is 11.3. The molecule has 5 heteroatoms. The Hall–Kier alpha value is -1.62. The molecule has 0 bridgehead atoms. The molecule has 0 saturated heterocycles. The number of halogens is 1. The molecular weight excluding hydrogens is 199 g/mol. The van der Waals surface area contributed by atoms with E-state index < -0.39 is 5.82 Å². The van der Waals surface area contributed by atoms with Gasteiger partial charge in [0.1, 0.15) is 11.6 Å². The van der Waals surface area contributed by atoms with Crippen LogP contribution in [0.4, 0.5) is 10.1 Å². The van der Waals surface area contributed by atoms with Gasteiger partial charge in [-0.25, -0.2) is 4.39 Å². The van der Waals surface area contributed by atoms with Crippen molar-refractivity contribution in [1.82, 2.24) is 5.32 Å². The Labute approximate surface area is 87.4 Å². The highest BCUT2D eigenvalue weighted by molar-refractivity contribution is 5.92. The summed E-state index contributed by atoms with van der Waals surface area (Å²) >= 11 is 0. The summed E-state index contributed by atoms with van der Waals surface area (Å²) in [5, 5.41) is 5.10. The van der Waals surface area contributed by atoms with Gasteiger partial charge >= 0.3 is 0 Å². The van der Waals surface area contributed by atoms with Crippen molar-refractivity contribution in [1.29, 1.82) is 0 Å². The molecule has 0 aliphatic carbocycles. The van der Waals surface area contributed by atoms with Gasteiger partial charge < -0.3 is 15.4 Å². The summed E-state index contributed by atoms with van der Waals surface area (Å²) < 4.78 is 18.1. The van der Waals surface area contributed by atoms with Crippen LogP contribution < -0.4 is 15.4 Å². The third-order valence-electron chi connectivity index (χ3n) is 1.78. The van der Waals surface area contributed by atoms with Crippen molar-refractivity contribution < 1.29 is 13.9 Å². The van der Waals surface area contributed by atoms with Crippen LogP contribution in [0.1, 0.15) is 0 Å². The SMILES string of the molecule is CNCC(=O)Nc1cc(OC)ccc1F. The standard InChI is InChI=1S/C10H13FN2O2/c1-12-6-10(14)13-9-5-7(15-2)3-4-8(9)11/h3-5,12H,6H2,1-2H3,(H,13,14). The minimum Gasteiger partial charge on any atom is -0.497 e. The van der Waals surface area contributed by atoms with Gasteiger partial charge in [-0.2, -0.15) is 0 Å². The molecule has 0 saturated carbocycles. The van der Waals surface area contributed by atoms with E-state index in [-0.39, 0.29) is 18.1 Å². The minimum absolute atomic E-state index is 0.120. The molecule has 1 amide bonds. The fourth-order valence-corrected chi connectivity index (χ4v) is 1.08. The highest BCUT2D eigenvalue weighted by atomic mass is 19.1. The number of likely N-dealkylation sites (N-methyl/N-ethyl adjacent to an activating group) is 1. The maximum Gasteiger partial charge on any atom is 0.238 e. The highest BCUT2D eigenvalue weighted by Crippen LogP contribution is 2.20. The molecule has 0 aliphatic rings. The second-order valence-corrected chi connectivity index (χ2v) is 2.92. The van der Waals surface area contributed by atoms with Gasteiger partial charge in [0.15, 0.2) is 0 Å². The van der Waals surface area contributed by atoms with Crippen LogP contribution in [0.2, 0.25) is 0 Å². The van der Waals surface area contributed by atoms with Gasteiger partial charge in [0.05, 0.1) is 19.3 Å². The van der Waals surface area contributed by atoms with E-state index in [0.717, 1.165) is 0 Å². The number of anilines is 1. The molecule has 4 nitrogen and oxygen atoms in total. The fraction of sp³-hybridized carbons (Fsp3) is 0.300. The lowest BCUT2D eigenvalue weighted by atomic mass is 10.3. The van der Waals surface area contributed by atoms with Crippen LogP contribution in [-0.4, -0.2) is 26.6 Å². The van der Waals surface area contributed by atoms with Crippen molar-refractivity contribution in [2.45, 2.75) is 0 Å². The molecule has 0 aliphatic heterocycles. The number of carbonyl (C=O) groups excluding carboxylic acids is 1. The Morgan fingerprint density at radius 1 is 1.53 bits per heavy atom. The van der Waals surface area contributed by atoms with Crippen molar-refractivity contribution in [2.24, 2.45) is 0 Å². The van der Waals surface area contributed by atoms with Crippen LogP contribution in [0.25, 0.3) is 0 Å². The smallest absolute Gasteiger partial charge is 0.238 e. The summed E-state index contributed by atoms with van der Waals surface area (Å²) in [6.07, 6.45) is 0. The summed E-state index contributed by atoms with van der Waals surface area (Å²) in [7, 11) is 3.12. The molecule has 1 aromatic carbocycles. The number of nitrogens with one attached hydrogen (secondary N) is 2. The summed E-state index contributed by atoms with van der Waals surface area (Å²) in [6, 6.07) is 4.17. The average Bonchev–Trinajstić information content (AvgIpc) is 2.21. The number of amides is 1. The summed E-state index contributed by atoms with van der Waals surface area (Å²) in [4.78, 5) is 11.2. The Morgan fingerprint density at radius 2 is 2.27 bits per heavy atom. The van der Waals surface area contributed by atoms with Gasteiger partial charge in [-0.05, 0) is 19.2 Å². The molecule has 0 heterocycles. The van der Waals surface area contributed by atoms with E-state index in [1.807, 2.05) is 0 Å². The van der Waals surface area contributed by atoms with Gasteiger partial charge in [-0.1, -0.05) is 0 Å². The molecule has 0 unspecified atom stereocenters. The molecule has 0 spiro atoms. The van der Waals surface area contributed by atoms with E-state index in [2.05, 4.69) is 10.6 Å². The largest absolute Gasteiger partial charge is 0.497 e. The number of methoxy groups -OCH3 is 1. The van der Waals surface area contributed by atoms with Crippen LogP contribution in [-0.2, 0) is 4.79 Å². The first kappa shape index (κ1) is 11.5. The van der Waals surface area contributed by atoms with Crippen LogP contribution in [0.15, 0.2) is 18.2 Å². The zero-order valence-corrected chi connectivity index (χ0v) is 8.63. The molecule has 0 aromatic heterocycles. The molecule has 15 heavy (non-hydrogen) atoms. The predicted octanol–water partition coefficient (Wildman–Crippen LogP) is 0.992. The monoisotopic (exact) mass is 212 g/mol. The van der Waals surface area contributed by atoms with Gasteiger partial charge in [-0.3, -0.25) is 4.79 Å². The van der Waals surface area contributed by atoms with E-state index in [4.69, 9.17) is 4.74 Å². The van der Waals surface area contributed by atoms with Gasteiger partial charge in [0, 0.05) is 6.07 Å². The lowest BCUT2D eigenvalue weighted by Gasteiger charge is -2.07. The lowest BCUT2D eigenvalue weighted by molar-refractivity contribution is -0.115. The molecule has 82 valence electrons. The van der Waals surface area contributed by atoms with Crippen molar-refractivity contribution in [3.8, 4) is 5.75 Å². The molecule has 1 aromatic rings. The van der Waals surface area contributed by atoms with E-state index in [9.17, 15) is 9.18 Å². The van der Waals surface area contributed by atoms with Crippen molar-refractivity contribution in [2.75, 3.05) is 26.0 Å². The van der Waals surface area contributed by atoms with Crippen LogP contribution in [0.3, 0.4) is 0 Å². The Balaban J connectivity index is 2.79. The average molecular weight is 212 g/mol. The first-order valence-corrected chi connectivity index (χ1v) is 4.45. The minimum atomic E-state index is -0.486. The number of benzene rings is 1. The van der Waals surface area contributed by atoms with E-state index in [1.54, 1.807) is 7.05 Å². The summed E-state index contributed by atoms with van der Waals surface area (Å²) in [6.45, 7) is 0.136.